The van der Waals surface area contributed by atoms with Crippen molar-refractivity contribution in [3.8, 4) is 0 Å². The van der Waals surface area contributed by atoms with Gasteiger partial charge in [-0.15, -0.1) is 11.3 Å². The highest BCUT2D eigenvalue weighted by Crippen LogP contribution is 2.24. The van der Waals surface area contributed by atoms with Crippen molar-refractivity contribution in [1.82, 2.24) is 0 Å². The number of Topliss-reactive ketones (excluding diaryl/α,β-unsaturated/α-hetero) is 1. The molecule has 1 nitrogen and oxygen atoms in total. The molecular formula is C12H7BrF2OS. The fraction of sp³-hybridized carbons (Fsp3) is 0.0833. The maximum Gasteiger partial charge on any atom is 0.177 e. The number of carbonyl (C=O) groups is 1. The highest BCUT2D eigenvalue weighted by atomic mass is 79.9. The second kappa shape index (κ2) is 5.06. The summed E-state index contributed by atoms with van der Waals surface area (Å²) in [5.74, 6) is -2.09. The second-order valence-electron chi connectivity index (χ2n) is 3.42. The summed E-state index contributed by atoms with van der Waals surface area (Å²) in [6.45, 7) is 0. The van der Waals surface area contributed by atoms with E-state index in [1.54, 1.807) is 12.1 Å². The van der Waals surface area contributed by atoms with Crippen molar-refractivity contribution in [2.45, 2.75) is 6.42 Å². The Morgan fingerprint density at radius 1 is 1.24 bits per heavy atom. The van der Waals surface area contributed by atoms with Gasteiger partial charge in [-0.2, -0.15) is 0 Å². The molecule has 0 fully saturated rings. The summed E-state index contributed by atoms with van der Waals surface area (Å²) < 4.78 is 27.1. The number of carbonyl (C=O) groups excluding carboxylic acids is 1. The quantitative estimate of drug-likeness (QED) is 0.775. The highest BCUT2D eigenvalue weighted by Gasteiger charge is 2.14. The molecule has 0 aliphatic heterocycles. The molecule has 0 spiro atoms. The van der Waals surface area contributed by atoms with E-state index < -0.39 is 11.6 Å². The summed E-state index contributed by atoms with van der Waals surface area (Å²) in [4.78, 5) is 12.3. The van der Waals surface area contributed by atoms with Gasteiger partial charge in [-0.05, 0) is 39.7 Å². The molecule has 0 aliphatic rings. The minimum Gasteiger partial charge on any atom is -0.293 e. The lowest BCUT2D eigenvalue weighted by Gasteiger charge is -2.01. The van der Waals surface area contributed by atoms with Crippen LogP contribution in [0, 0.1) is 11.6 Å². The van der Waals surface area contributed by atoms with Crippen molar-refractivity contribution in [3.05, 3.63) is 56.2 Å². The Labute approximate surface area is 109 Å². The van der Waals surface area contributed by atoms with Crippen molar-refractivity contribution < 1.29 is 13.6 Å². The van der Waals surface area contributed by atoms with Crippen LogP contribution in [-0.2, 0) is 6.42 Å². The van der Waals surface area contributed by atoms with E-state index in [0.29, 0.717) is 4.88 Å². The van der Waals surface area contributed by atoms with Crippen molar-refractivity contribution in [2.24, 2.45) is 0 Å². The molecule has 1 aromatic carbocycles. The van der Waals surface area contributed by atoms with E-state index in [-0.39, 0.29) is 17.8 Å². The van der Waals surface area contributed by atoms with Gasteiger partial charge in [0, 0.05) is 6.42 Å². The molecule has 0 amide bonds. The Bertz CT molecular complexity index is 565. The van der Waals surface area contributed by atoms with E-state index in [1.807, 2.05) is 0 Å². The van der Waals surface area contributed by atoms with Crippen LogP contribution in [0.5, 0.6) is 0 Å². The number of rotatable bonds is 3. The lowest BCUT2D eigenvalue weighted by molar-refractivity contribution is 0.0995. The van der Waals surface area contributed by atoms with Gasteiger partial charge in [0.25, 0.3) is 0 Å². The molecule has 0 saturated heterocycles. The number of hydrogen-bond donors (Lipinski definition) is 0. The van der Waals surface area contributed by atoms with Crippen LogP contribution in [0.15, 0.2) is 34.1 Å². The summed E-state index contributed by atoms with van der Waals surface area (Å²) in [6.07, 6.45) is -0.128. The van der Waals surface area contributed by atoms with E-state index >= 15 is 0 Å². The van der Waals surface area contributed by atoms with Crippen molar-refractivity contribution in [3.63, 3.8) is 0 Å². The predicted octanol–water partition coefficient (Wildman–Crippen LogP) is 4.21. The standard InChI is InChI=1S/C12H7BrF2OS/c13-11-5-4-10(17-11)9(16)6-7-2-1-3-8(14)12(7)15/h1-5H,6H2. The first-order valence-electron chi connectivity index (χ1n) is 4.79. The van der Waals surface area contributed by atoms with Gasteiger partial charge in [0.2, 0.25) is 0 Å². The maximum atomic E-state index is 13.3. The van der Waals surface area contributed by atoms with Gasteiger partial charge in [-0.3, -0.25) is 4.79 Å². The molecule has 0 saturated carbocycles. The van der Waals surface area contributed by atoms with Gasteiger partial charge in [0.05, 0.1) is 8.66 Å². The van der Waals surface area contributed by atoms with Gasteiger partial charge in [-0.25, -0.2) is 8.78 Å². The number of halogens is 3. The van der Waals surface area contributed by atoms with Crippen LogP contribution < -0.4 is 0 Å². The minimum absolute atomic E-state index is 0.0829. The zero-order chi connectivity index (χ0) is 12.4. The van der Waals surface area contributed by atoms with Crippen LogP contribution >= 0.6 is 27.3 Å². The third kappa shape index (κ3) is 2.79. The largest absolute Gasteiger partial charge is 0.293 e. The zero-order valence-corrected chi connectivity index (χ0v) is 10.9. The summed E-state index contributed by atoms with van der Waals surface area (Å²) in [5, 5.41) is 0. The molecular weight excluding hydrogens is 310 g/mol. The van der Waals surface area contributed by atoms with Crippen LogP contribution in [-0.4, -0.2) is 5.78 Å². The number of ketones is 1. The molecule has 5 heteroatoms. The number of thiophene rings is 1. The van der Waals surface area contributed by atoms with Crippen LogP contribution in [0.1, 0.15) is 15.2 Å². The average molecular weight is 317 g/mol. The molecule has 17 heavy (non-hydrogen) atoms. The Hall–Kier alpha value is -1.07. The predicted molar refractivity (Wildman–Crippen MR) is 66.4 cm³/mol. The maximum absolute atomic E-state index is 13.3. The molecule has 1 aromatic heterocycles. The van der Waals surface area contributed by atoms with E-state index in [0.717, 1.165) is 9.85 Å². The average Bonchev–Trinajstić information content (AvgIpc) is 2.72. The summed E-state index contributed by atoms with van der Waals surface area (Å²) in [6, 6.07) is 7.25. The van der Waals surface area contributed by atoms with Crippen LogP contribution in [0.25, 0.3) is 0 Å². The molecule has 0 N–H and O–H groups in total. The summed E-state index contributed by atoms with van der Waals surface area (Å²) >= 11 is 4.52. The first-order valence-corrected chi connectivity index (χ1v) is 6.40. The van der Waals surface area contributed by atoms with Gasteiger partial charge in [0.1, 0.15) is 0 Å². The molecule has 2 rings (SSSR count). The van der Waals surface area contributed by atoms with Crippen LogP contribution in [0.4, 0.5) is 8.78 Å². The Kier molecular flexibility index (Phi) is 3.69. The fourth-order valence-corrected chi connectivity index (χ4v) is 2.73. The summed E-state index contributed by atoms with van der Waals surface area (Å²) in [7, 11) is 0. The smallest absolute Gasteiger partial charge is 0.177 e. The SMILES string of the molecule is O=C(Cc1cccc(F)c1F)c1ccc(Br)s1. The number of benzene rings is 1. The van der Waals surface area contributed by atoms with E-state index in [1.165, 1.54) is 23.5 Å². The lowest BCUT2D eigenvalue weighted by atomic mass is 10.1. The van der Waals surface area contributed by atoms with Gasteiger partial charge in [-0.1, -0.05) is 12.1 Å². The zero-order valence-electron chi connectivity index (χ0n) is 8.54. The topological polar surface area (TPSA) is 17.1 Å². The van der Waals surface area contributed by atoms with E-state index in [9.17, 15) is 13.6 Å². The molecule has 1 heterocycles. The lowest BCUT2D eigenvalue weighted by Crippen LogP contribution is -2.04. The molecule has 0 atom stereocenters. The number of hydrogen-bond acceptors (Lipinski definition) is 2. The molecule has 0 radical (unpaired) electrons. The second-order valence-corrected chi connectivity index (χ2v) is 5.88. The molecule has 0 bridgehead atoms. The van der Waals surface area contributed by atoms with E-state index in [4.69, 9.17) is 0 Å². The summed E-state index contributed by atoms with van der Waals surface area (Å²) in [5.41, 5.74) is 0.0829. The van der Waals surface area contributed by atoms with Crippen molar-refractivity contribution >= 4 is 33.0 Å². The Morgan fingerprint density at radius 2 is 2.00 bits per heavy atom. The molecule has 0 unspecified atom stereocenters. The van der Waals surface area contributed by atoms with Crippen molar-refractivity contribution in [1.29, 1.82) is 0 Å². The fourth-order valence-electron chi connectivity index (χ4n) is 1.41. The van der Waals surface area contributed by atoms with E-state index in [2.05, 4.69) is 15.9 Å². The Morgan fingerprint density at radius 3 is 2.65 bits per heavy atom. The van der Waals surface area contributed by atoms with Crippen molar-refractivity contribution in [2.75, 3.05) is 0 Å². The van der Waals surface area contributed by atoms with Gasteiger partial charge >= 0.3 is 0 Å². The van der Waals surface area contributed by atoms with Crippen LogP contribution in [0.2, 0.25) is 0 Å². The molecule has 0 aliphatic carbocycles. The monoisotopic (exact) mass is 316 g/mol. The highest BCUT2D eigenvalue weighted by molar-refractivity contribution is 9.11. The van der Waals surface area contributed by atoms with Crippen LogP contribution in [0.3, 0.4) is 0 Å². The first kappa shape index (κ1) is 12.4. The first-order chi connectivity index (χ1) is 8.08. The molecule has 88 valence electrons. The van der Waals surface area contributed by atoms with Gasteiger partial charge < -0.3 is 0 Å². The Balaban J connectivity index is 2.21. The van der Waals surface area contributed by atoms with Gasteiger partial charge in [0.15, 0.2) is 17.4 Å². The third-order valence-corrected chi connectivity index (χ3v) is 3.90. The molecule has 2 aromatic rings. The third-order valence-electron chi connectivity index (χ3n) is 2.23. The minimum atomic E-state index is -0.948. The normalized spacial score (nSPS) is 10.5.